The maximum Gasteiger partial charge on any atom is 0.119 e. The van der Waals surface area contributed by atoms with Crippen LogP contribution in [0.4, 0.5) is 0 Å². The first-order valence-corrected chi connectivity index (χ1v) is 14.2. The standard InChI is InChI=1S/C32H46O4/c1-21(20-36-25-9-5-8-24(19-25)30(2,3)35)26-12-13-27-23(7-6-14-31(26,27)4)11-10-22-17-28(33)32(15-16-32)29(34)18-22/h5,8-11,19,21,26-29,33-35H,6-7,12-18,20H2,1-4H3/b23-11+/t21-,26+,27-,28+,29+,31+/m0/s1. The summed E-state index contributed by atoms with van der Waals surface area (Å²) in [7, 11) is 0. The number of aliphatic hydroxyl groups is 3. The molecule has 5 rings (SSSR count). The Bertz CT molecular complexity index is 997. The fraction of sp³-hybridized carbons (Fsp3) is 0.688. The lowest BCUT2D eigenvalue weighted by molar-refractivity contribution is -0.0225. The van der Waals surface area contributed by atoms with Crippen LogP contribution in [0, 0.1) is 28.6 Å². The number of aliphatic hydroxyl groups excluding tert-OH is 2. The molecule has 4 nitrogen and oxygen atoms in total. The Hall–Kier alpha value is -1.62. The summed E-state index contributed by atoms with van der Waals surface area (Å²) in [5.41, 5.74) is 2.88. The normalized spacial score (nSPS) is 35.5. The topological polar surface area (TPSA) is 69.9 Å². The predicted octanol–water partition coefficient (Wildman–Crippen LogP) is 6.29. The van der Waals surface area contributed by atoms with Crippen molar-refractivity contribution in [2.45, 2.75) is 103 Å². The molecule has 1 aromatic rings. The molecular formula is C32H46O4. The third kappa shape index (κ3) is 4.81. The molecule has 0 bridgehead atoms. The van der Waals surface area contributed by atoms with Crippen LogP contribution >= 0.6 is 0 Å². The molecule has 0 unspecified atom stereocenters. The smallest absolute Gasteiger partial charge is 0.119 e. The molecule has 4 aliphatic rings. The van der Waals surface area contributed by atoms with Gasteiger partial charge < -0.3 is 20.1 Å². The number of benzene rings is 1. The summed E-state index contributed by atoms with van der Waals surface area (Å²) in [6.07, 6.45) is 13.3. The van der Waals surface area contributed by atoms with Crippen LogP contribution in [0.25, 0.3) is 0 Å². The molecule has 4 aliphatic carbocycles. The third-order valence-corrected chi connectivity index (χ3v) is 10.4. The van der Waals surface area contributed by atoms with Crippen LogP contribution in [0.1, 0.15) is 91.0 Å². The lowest BCUT2D eigenvalue weighted by atomic mass is 9.61. The fourth-order valence-electron chi connectivity index (χ4n) is 7.90. The zero-order chi connectivity index (χ0) is 25.7. The van der Waals surface area contributed by atoms with Crippen molar-refractivity contribution in [1.82, 2.24) is 0 Å². The van der Waals surface area contributed by atoms with Crippen LogP contribution in [-0.2, 0) is 5.60 Å². The van der Waals surface area contributed by atoms with Crippen LogP contribution < -0.4 is 4.74 Å². The Balaban J connectivity index is 1.24. The van der Waals surface area contributed by atoms with Crippen LogP contribution in [0.15, 0.2) is 47.6 Å². The van der Waals surface area contributed by atoms with E-state index in [1.807, 2.05) is 24.3 Å². The maximum absolute atomic E-state index is 10.6. The molecule has 36 heavy (non-hydrogen) atoms. The average Bonchev–Trinajstić information content (AvgIpc) is 3.56. The van der Waals surface area contributed by atoms with Gasteiger partial charge in [-0.2, -0.15) is 0 Å². The molecule has 4 heteroatoms. The zero-order valence-electron chi connectivity index (χ0n) is 22.7. The monoisotopic (exact) mass is 494 g/mol. The molecule has 0 heterocycles. The first-order chi connectivity index (χ1) is 17.0. The highest BCUT2D eigenvalue weighted by Gasteiger charge is 2.56. The second-order valence-corrected chi connectivity index (χ2v) is 13.2. The van der Waals surface area contributed by atoms with Crippen molar-refractivity contribution in [3.05, 3.63) is 53.1 Å². The van der Waals surface area contributed by atoms with E-state index >= 15 is 0 Å². The lowest BCUT2D eigenvalue weighted by Gasteiger charge is -2.44. The van der Waals surface area contributed by atoms with E-state index in [0.29, 0.717) is 42.6 Å². The molecule has 198 valence electrons. The molecule has 0 aromatic heterocycles. The second-order valence-electron chi connectivity index (χ2n) is 13.2. The number of hydrogen-bond acceptors (Lipinski definition) is 4. The molecule has 4 fully saturated rings. The van der Waals surface area contributed by atoms with Gasteiger partial charge >= 0.3 is 0 Å². The van der Waals surface area contributed by atoms with Crippen LogP contribution in [0.3, 0.4) is 0 Å². The number of hydrogen-bond donors (Lipinski definition) is 3. The molecule has 0 amide bonds. The molecule has 1 spiro atoms. The van der Waals surface area contributed by atoms with Gasteiger partial charge in [0.15, 0.2) is 0 Å². The Labute approximate surface area is 217 Å². The van der Waals surface area contributed by atoms with Gasteiger partial charge in [0, 0.05) is 5.41 Å². The van der Waals surface area contributed by atoms with Crippen molar-refractivity contribution in [3.8, 4) is 5.75 Å². The third-order valence-electron chi connectivity index (χ3n) is 10.4. The van der Waals surface area contributed by atoms with Gasteiger partial charge in [-0.05, 0) is 112 Å². The second kappa shape index (κ2) is 9.60. The summed E-state index contributed by atoms with van der Waals surface area (Å²) in [4.78, 5) is 0. The van der Waals surface area contributed by atoms with Gasteiger partial charge in [0.2, 0.25) is 0 Å². The number of rotatable bonds is 6. The van der Waals surface area contributed by atoms with Crippen molar-refractivity contribution < 1.29 is 20.1 Å². The average molecular weight is 495 g/mol. The Morgan fingerprint density at radius 2 is 1.81 bits per heavy atom. The summed E-state index contributed by atoms with van der Waals surface area (Å²) in [5.74, 6) is 2.54. The van der Waals surface area contributed by atoms with E-state index in [9.17, 15) is 15.3 Å². The van der Waals surface area contributed by atoms with E-state index in [1.165, 1.54) is 37.7 Å². The summed E-state index contributed by atoms with van der Waals surface area (Å²) in [6, 6.07) is 7.86. The molecular weight excluding hydrogens is 448 g/mol. The lowest BCUT2D eigenvalue weighted by Crippen LogP contribution is -2.39. The van der Waals surface area contributed by atoms with Gasteiger partial charge in [-0.25, -0.2) is 0 Å². The van der Waals surface area contributed by atoms with Gasteiger partial charge in [0.05, 0.1) is 24.4 Å². The molecule has 4 saturated carbocycles. The zero-order valence-corrected chi connectivity index (χ0v) is 22.7. The van der Waals surface area contributed by atoms with Crippen LogP contribution in [0.5, 0.6) is 5.75 Å². The van der Waals surface area contributed by atoms with E-state index in [2.05, 4.69) is 26.0 Å². The van der Waals surface area contributed by atoms with E-state index in [0.717, 1.165) is 24.2 Å². The molecule has 1 aromatic carbocycles. The van der Waals surface area contributed by atoms with Crippen molar-refractivity contribution in [2.24, 2.45) is 28.6 Å². The van der Waals surface area contributed by atoms with Gasteiger partial charge in [-0.1, -0.05) is 49.3 Å². The van der Waals surface area contributed by atoms with Gasteiger partial charge in [0.25, 0.3) is 0 Å². The highest BCUT2D eigenvalue weighted by molar-refractivity contribution is 5.32. The van der Waals surface area contributed by atoms with E-state index < -0.39 is 5.60 Å². The van der Waals surface area contributed by atoms with Crippen molar-refractivity contribution in [3.63, 3.8) is 0 Å². The van der Waals surface area contributed by atoms with E-state index in [-0.39, 0.29) is 17.6 Å². The van der Waals surface area contributed by atoms with Crippen molar-refractivity contribution >= 4 is 0 Å². The molecule has 0 aliphatic heterocycles. The van der Waals surface area contributed by atoms with E-state index in [1.54, 1.807) is 19.4 Å². The highest BCUT2D eigenvalue weighted by Crippen LogP contribution is 2.60. The first kappa shape index (κ1) is 26.0. The highest BCUT2D eigenvalue weighted by atomic mass is 16.5. The van der Waals surface area contributed by atoms with Crippen LogP contribution in [-0.4, -0.2) is 34.1 Å². The van der Waals surface area contributed by atoms with E-state index in [4.69, 9.17) is 4.74 Å². The molecule has 3 N–H and O–H groups in total. The number of allylic oxidation sites excluding steroid dienone is 3. The van der Waals surface area contributed by atoms with Gasteiger partial charge in [-0.15, -0.1) is 0 Å². The quantitative estimate of drug-likeness (QED) is 0.434. The minimum absolute atomic E-state index is 0.194. The van der Waals surface area contributed by atoms with Crippen molar-refractivity contribution in [1.29, 1.82) is 0 Å². The Morgan fingerprint density at radius 3 is 2.47 bits per heavy atom. The number of fused-ring (bicyclic) bond motifs is 1. The summed E-state index contributed by atoms with van der Waals surface area (Å²) in [6.45, 7) is 9.16. The predicted molar refractivity (Wildman–Crippen MR) is 144 cm³/mol. The summed E-state index contributed by atoms with van der Waals surface area (Å²) in [5, 5.41) is 31.6. The molecule has 0 saturated heterocycles. The number of ether oxygens (including phenoxy) is 1. The summed E-state index contributed by atoms with van der Waals surface area (Å²) >= 11 is 0. The SMILES string of the molecule is C[C@@H](COc1cccc(C(C)(C)O)c1)[C@H]1CC[C@H]2/C(=C/C=C3C[C@@H](O)C4(CC4)[C@H](O)C3)CCC[C@]12C. The van der Waals surface area contributed by atoms with Crippen LogP contribution in [0.2, 0.25) is 0 Å². The molecule has 0 radical (unpaired) electrons. The Morgan fingerprint density at radius 1 is 1.08 bits per heavy atom. The van der Waals surface area contributed by atoms with Gasteiger partial charge in [-0.3, -0.25) is 0 Å². The minimum Gasteiger partial charge on any atom is -0.493 e. The first-order valence-electron chi connectivity index (χ1n) is 14.2. The van der Waals surface area contributed by atoms with Crippen molar-refractivity contribution in [2.75, 3.05) is 6.61 Å². The Kier molecular flexibility index (Phi) is 6.93. The molecule has 6 atom stereocenters. The van der Waals surface area contributed by atoms with Gasteiger partial charge in [0.1, 0.15) is 5.75 Å². The fourth-order valence-corrected chi connectivity index (χ4v) is 7.90. The largest absolute Gasteiger partial charge is 0.493 e. The summed E-state index contributed by atoms with van der Waals surface area (Å²) < 4.78 is 6.25. The maximum atomic E-state index is 10.6. The minimum atomic E-state index is -0.871.